The fraction of sp³-hybridized carbons (Fsp3) is 0.857. The van der Waals surface area contributed by atoms with E-state index in [-0.39, 0.29) is 0 Å². The van der Waals surface area contributed by atoms with E-state index in [4.69, 9.17) is 0 Å². The van der Waals surface area contributed by atoms with Gasteiger partial charge in [-0.3, -0.25) is 0 Å². The van der Waals surface area contributed by atoms with Crippen LogP contribution in [0.3, 0.4) is 0 Å². The van der Waals surface area contributed by atoms with Crippen molar-refractivity contribution in [3.63, 3.8) is 0 Å². The minimum atomic E-state index is 0.675. The minimum absolute atomic E-state index is 0.675. The number of allylic oxidation sites excluding steroid dienone is 1. The van der Waals surface area contributed by atoms with Gasteiger partial charge in [-0.2, -0.15) is 0 Å². The average molecular weight is 196 g/mol. The van der Waals surface area contributed by atoms with E-state index in [0.717, 1.165) is 17.8 Å². The minimum Gasteiger partial charge on any atom is -0.0999 e. The normalized spacial score (nSPS) is 17.9. The summed E-state index contributed by atoms with van der Waals surface area (Å²) < 4.78 is 0. The topological polar surface area (TPSA) is 0 Å². The highest BCUT2D eigenvalue weighted by molar-refractivity contribution is 4.95. The van der Waals surface area contributed by atoms with E-state index in [9.17, 15) is 0 Å². The van der Waals surface area contributed by atoms with Gasteiger partial charge in [0.2, 0.25) is 0 Å². The fourth-order valence-electron chi connectivity index (χ4n) is 1.59. The molecule has 0 aliphatic rings. The standard InChI is InChI=1S/C14H28/c1-10(2)12(5)8-9-13(6)14(7)11(3)4/h10,12-14H,3,8-9H2,1-2,4-7H3. The van der Waals surface area contributed by atoms with Gasteiger partial charge in [0.1, 0.15) is 0 Å². The summed E-state index contributed by atoms with van der Waals surface area (Å²) in [5, 5.41) is 0. The molecule has 0 saturated carbocycles. The highest BCUT2D eigenvalue weighted by Crippen LogP contribution is 2.26. The van der Waals surface area contributed by atoms with Gasteiger partial charge in [-0.15, -0.1) is 0 Å². The second-order valence-electron chi connectivity index (χ2n) is 5.41. The van der Waals surface area contributed by atoms with Crippen LogP contribution in [0.4, 0.5) is 0 Å². The van der Waals surface area contributed by atoms with Crippen LogP contribution in [-0.2, 0) is 0 Å². The summed E-state index contributed by atoms with van der Waals surface area (Å²) in [6, 6.07) is 0. The molecule has 0 bridgehead atoms. The Morgan fingerprint density at radius 3 is 1.71 bits per heavy atom. The summed E-state index contributed by atoms with van der Waals surface area (Å²) in [6.07, 6.45) is 2.70. The van der Waals surface area contributed by atoms with Gasteiger partial charge in [0.15, 0.2) is 0 Å². The largest absolute Gasteiger partial charge is 0.0999 e. The zero-order valence-corrected chi connectivity index (χ0v) is 10.9. The number of hydrogen-bond donors (Lipinski definition) is 0. The molecule has 0 rings (SSSR count). The molecule has 0 aliphatic heterocycles. The average Bonchev–Trinajstić information content (AvgIpc) is 2.11. The fourth-order valence-corrected chi connectivity index (χ4v) is 1.59. The summed E-state index contributed by atoms with van der Waals surface area (Å²) in [5.41, 5.74) is 1.33. The smallest absolute Gasteiger partial charge is 0.0211 e. The second kappa shape index (κ2) is 6.27. The van der Waals surface area contributed by atoms with Crippen LogP contribution in [0.15, 0.2) is 12.2 Å². The van der Waals surface area contributed by atoms with Crippen molar-refractivity contribution in [2.75, 3.05) is 0 Å². The molecule has 84 valence electrons. The first-order valence-corrected chi connectivity index (χ1v) is 6.01. The highest BCUT2D eigenvalue weighted by Gasteiger charge is 2.15. The Balaban J connectivity index is 3.84. The molecule has 0 heterocycles. The SMILES string of the molecule is C=C(C)C(C)C(C)CCC(C)C(C)C. The molecule has 0 radical (unpaired) electrons. The van der Waals surface area contributed by atoms with Crippen molar-refractivity contribution in [3.05, 3.63) is 12.2 Å². The first-order valence-electron chi connectivity index (χ1n) is 6.01. The third-order valence-corrected chi connectivity index (χ3v) is 3.85. The van der Waals surface area contributed by atoms with Crippen LogP contribution >= 0.6 is 0 Å². The van der Waals surface area contributed by atoms with E-state index in [1.807, 2.05) is 0 Å². The first-order chi connectivity index (χ1) is 6.36. The molecule has 14 heavy (non-hydrogen) atoms. The molecule has 3 atom stereocenters. The van der Waals surface area contributed by atoms with Crippen molar-refractivity contribution in [2.45, 2.75) is 54.4 Å². The molecule has 0 aliphatic carbocycles. The van der Waals surface area contributed by atoms with Gasteiger partial charge in [-0.05, 0) is 37.0 Å². The highest BCUT2D eigenvalue weighted by atomic mass is 14.2. The maximum atomic E-state index is 4.04. The second-order valence-corrected chi connectivity index (χ2v) is 5.41. The van der Waals surface area contributed by atoms with Crippen LogP contribution in [-0.4, -0.2) is 0 Å². The van der Waals surface area contributed by atoms with E-state index >= 15 is 0 Å². The summed E-state index contributed by atoms with van der Waals surface area (Å²) in [7, 11) is 0. The molecule has 0 amide bonds. The van der Waals surface area contributed by atoms with E-state index in [0.29, 0.717) is 5.92 Å². The lowest BCUT2D eigenvalue weighted by Gasteiger charge is -2.23. The quantitative estimate of drug-likeness (QED) is 0.530. The van der Waals surface area contributed by atoms with Gasteiger partial charge in [-0.25, -0.2) is 0 Å². The van der Waals surface area contributed by atoms with Crippen LogP contribution in [0, 0.1) is 23.7 Å². The van der Waals surface area contributed by atoms with Crippen LogP contribution < -0.4 is 0 Å². The lowest BCUT2D eigenvalue weighted by molar-refractivity contribution is 0.320. The molecule has 0 saturated heterocycles. The maximum Gasteiger partial charge on any atom is -0.0211 e. The predicted molar refractivity (Wildman–Crippen MR) is 66.4 cm³/mol. The molecule has 0 fully saturated rings. The molecular formula is C14H28. The van der Waals surface area contributed by atoms with Gasteiger partial charge in [-0.1, -0.05) is 53.2 Å². The molecule has 0 N–H and O–H groups in total. The maximum absolute atomic E-state index is 4.04. The van der Waals surface area contributed by atoms with E-state index in [1.165, 1.54) is 18.4 Å². The molecule has 0 heteroatoms. The van der Waals surface area contributed by atoms with Crippen LogP contribution in [0.1, 0.15) is 54.4 Å². The van der Waals surface area contributed by atoms with Crippen LogP contribution in [0.2, 0.25) is 0 Å². The van der Waals surface area contributed by atoms with Crippen LogP contribution in [0.25, 0.3) is 0 Å². The Kier molecular flexibility index (Phi) is 6.15. The summed E-state index contributed by atoms with van der Waals surface area (Å²) in [5.74, 6) is 3.14. The Morgan fingerprint density at radius 1 is 0.929 bits per heavy atom. The third kappa shape index (κ3) is 4.83. The van der Waals surface area contributed by atoms with Crippen molar-refractivity contribution in [1.82, 2.24) is 0 Å². The number of hydrogen-bond acceptors (Lipinski definition) is 0. The zero-order chi connectivity index (χ0) is 11.3. The number of rotatable bonds is 6. The lowest BCUT2D eigenvalue weighted by atomic mass is 9.83. The molecule has 0 aromatic carbocycles. The summed E-state index contributed by atoms with van der Waals surface area (Å²) >= 11 is 0. The zero-order valence-electron chi connectivity index (χ0n) is 10.9. The van der Waals surface area contributed by atoms with Crippen molar-refractivity contribution >= 4 is 0 Å². The summed E-state index contributed by atoms with van der Waals surface area (Å²) in [4.78, 5) is 0. The van der Waals surface area contributed by atoms with Crippen molar-refractivity contribution < 1.29 is 0 Å². The van der Waals surface area contributed by atoms with Crippen molar-refractivity contribution in [2.24, 2.45) is 23.7 Å². The van der Waals surface area contributed by atoms with Gasteiger partial charge >= 0.3 is 0 Å². The van der Waals surface area contributed by atoms with Gasteiger partial charge in [0, 0.05) is 0 Å². The third-order valence-electron chi connectivity index (χ3n) is 3.85. The Morgan fingerprint density at radius 2 is 1.36 bits per heavy atom. The van der Waals surface area contributed by atoms with Gasteiger partial charge in [0.25, 0.3) is 0 Å². The van der Waals surface area contributed by atoms with E-state index < -0.39 is 0 Å². The molecule has 0 aromatic heterocycles. The summed E-state index contributed by atoms with van der Waals surface area (Å²) in [6.45, 7) is 17.8. The molecule has 3 unspecified atom stereocenters. The molecule has 0 aromatic rings. The first kappa shape index (κ1) is 13.7. The lowest BCUT2D eigenvalue weighted by Crippen LogP contribution is -2.12. The van der Waals surface area contributed by atoms with Crippen LogP contribution in [0.5, 0.6) is 0 Å². The Hall–Kier alpha value is -0.260. The Labute approximate surface area is 90.8 Å². The van der Waals surface area contributed by atoms with Crippen molar-refractivity contribution in [1.29, 1.82) is 0 Å². The van der Waals surface area contributed by atoms with Gasteiger partial charge < -0.3 is 0 Å². The Bertz CT molecular complexity index is 167. The monoisotopic (exact) mass is 196 g/mol. The molecular weight excluding hydrogens is 168 g/mol. The van der Waals surface area contributed by atoms with E-state index in [1.54, 1.807) is 0 Å². The van der Waals surface area contributed by atoms with Gasteiger partial charge in [0.05, 0.1) is 0 Å². The van der Waals surface area contributed by atoms with E-state index in [2.05, 4.69) is 48.1 Å². The molecule has 0 spiro atoms. The molecule has 0 nitrogen and oxygen atoms in total. The van der Waals surface area contributed by atoms with Crippen molar-refractivity contribution in [3.8, 4) is 0 Å². The predicted octanol–water partition coefficient (Wildman–Crippen LogP) is 4.91.